The molecular formula is C22H35N3O. The SMILES string of the molecule is CC1C=CC=C(C2(N(C)C)CCC3(CC2)CNC(=O)N3CC2CCC2)C1. The minimum absolute atomic E-state index is 0.0584. The fraction of sp³-hybridized carbons (Fsp3) is 0.773. The molecule has 0 bridgehead atoms. The molecule has 3 aliphatic carbocycles. The smallest absolute Gasteiger partial charge is 0.318 e. The summed E-state index contributed by atoms with van der Waals surface area (Å²) in [6, 6.07) is 0.183. The highest BCUT2D eigenvalue weighted by atomic mass is 16.2. The highest BCUT2D eigenvalue weighted by molar-refractivity contribution is 5.78. The maximum atomic E-state index is 12.5. The van der Waals surface area contributed by atoms with Gasteiger partial charge in [0.15, 0.2) is 0 Å². The van der Waals surface area contributed by atoms with Crippen LogP contribution >= 0.6 is 0 Å². The molecule has 0 aromatic heterocycles. The third kappa shape index (κ3) is 2.90. The van der Waals surface area contributed by atoms with Gasteiger partial charge in [-0.2, -0.15) is 0 Å². The van der Waals surface area contributed by atoms with Crippen LogP contribution < -0.4 is 5.32 Å². The summed E-state index contributed by atoms with van der Waals surface area (Å²) in [6.45, 7) is 4.14. The maximum absolute atomic E-state index is 12.5. The molecular weight excluding hydrogens is 322 g/mol. The number of hydrogen-bond acceptors (Lipinski definition) is 2. The predicted octanol–water partition coefficient (Wildman–Crippen LogP) is 3.95. The summed E-state index contributed by atoms with van der Waals surface area (Å²) in [5.41, 5.74) is 1.82. The van der Waals surface area contributed by atoms with Crippen LogP contribution in [0.15, 0.2) is 23.8 Å². The van der Waals surface area contributed by atoms with Crippen LogP contribution in [0.1, 0.15) is 58.3 Å². The molecule has 4 heteroatoms. The highest BCUT2D eigenvalue weighted by Crippen LogP contribution is 2.48. The minimum atomic E-state index is 0.0584. The van der Waals surface area contributed by atoms with Gasteiger partial charge in [-0.1, -0.05) is 31.6 Å². The standard InChI is InChI=1S/C22H35N3O/c1-17-6-4-9-19(14-17)22(24(2)3)12-10-21(11-13-22)16-23-20(26)25(21)15-18-7-5-8-18/h4,6,9,17-18H,5,7-8,10-16H2,1-3H3,(H,23,26). The van der Waals surface area contributed by atoms with Crippen LogP contribution in [0, 0.1) is 11.8 Å². The van der Waals surface area contributed by atoms with Crippen LogP contribution in [0.2, 0.25) is 0 Å². The predicted molar refractivity (Wildman–Crippen MR) is 106 cm³/mol. The first kappa shape index (κ1) is 18.1. The summed E-state index contributed by atoms with van der Waals surface area (Å²) < 4.78 is 0. The summed E-state index contributed by atoms with van der Waals surface area (Å²) in [7, 11) is 4.48. The van der Waals surface area contributed by atoms with Crippen molar-refractivity contribution in [3.63, 3.8) is 0 Å². The van der Waals surface area contributed by atoms with Crippen molar-refractivity contribution < 1.29 is 4.79 Å². The molecule has 0 aromatic rings. The molecule has 1 N–H and O–H groups in total. The van der Waals surface area contributed by atoms with Crippen LogP contribution in [0.25, 0.3) is 0 Å². The molecule has 1 spiro atoms. The molecule has 1 unspecified atom stereocenters. The number of rotatable bonds is 4. The molecule has 4 rings (SSSR count). The van der Waals surface area contributed by atoms with E-state index in [1.807, 2.05) is 0 Å². The van der Waals surface area contributed by atoms with E-state index in [4.69, 9.17) is 0 Å². The average Bonchev–Trinajstić information content (AvgIpc) is 2.88. The van der Waals surface area contributed by atoms with Crippen molar-refractivity contribution in [2.45, 2.75) is 69.4 Å². The van der Waals surface area contributed by atoms with Crippen molar-refractivity contribution in [1.82, 2.24) is 15.1 Å². The zero-order valence-electron chi connectivity index (χ0n) is 16.8. The summed E-state index contributed by atoms with van der Waals surface area (Å²) >= 11 is 0. The lowest BCUT2D eigenvalue weighted by atomic mass is 9.66. The van der Waals surface area contributed by atoms with E-state index in [2.05, 4.69) is 54.4 Å². The number of allylic oxidation sites excluding steroid dienone is 3. The fourth-order valence-corrected chi connectivity index (χ4v) is 5.68. The summed E-state index contributed by atoms with van der Waals surface area (Å²) in [6.07, 6.45) is 16.6. The molecule has 1 atom stereocenters. The lowest BCUT2D eigenvalue weighted by Gasteiger charge is -2.53. The maximum Gasteiger partial charge on any atom is 0.318 e. The van der Waals surface area contributed by atoms with E-state index >= 15 is 0 Å². The van der Waals surface area contributed by atoms with Crippen molar-refractivity contribution in [1.29, 1.82) is 0 Å². The van der Waals surface area contributed by atoms with Gasteiger partial charge in [-0.3, -0.25) is 4.90 Å². The van der Waals surface area contributed by atoms with Gasteiger partial charge >= 0.3 is 6.03 Å². The van der Waals surface area contributed by atoms with Gasteiger partial charge in [-0.15, -0.1) is 0 Å². The molecule has 0 aromatic carbocycles. The molecule has 2 amide bonds. The van der Waals surface area contributed by atoms with Crippen molar-refractivity contribution >= 4 is 6.03 Å². The van der Waals surface area contributed by atoms with Gasteiger partial charge in [0.1, 0.15) is 0 Å². The van der Waals surface area contributed by atoms with Crippen LogP contribution in [0.4, 0.5) is 4.79 Å². The normalized spacial score (nSPS) is 37.8. The minimum Gasteiger partial charge on any atom is -0.336 e. The molecule has 1 heterocycles. The van der Waals surface area contributed by atoms with Gasteiger partial charge in [-0.25, -0.2) is 4.79 Å². The third-order valence-electron chi connectivity index (χ3n) is 7.79. The summed E-state index contributed by atoms with van der Waals surface area (Å²) in [5, 5.41) is 3.17. The second kappa shape index (κ2) is 6.70. The highest BCUT2D eigenvalue weighted by Gasteiger charge is 2.52. The van der Waals surface area contributed by atoms with E-state index in [1.54, 1.807) is 5.57 Å². The van der Waals surface area contributed by atoms with Crippen LogP contribution in [-0.4, -0.2) is 54.1 Å². The first-order chi connectivity index (χ1) is 12.5. The topological polar surface area (TPSA) is 35.6 Å². The number of urea groups is 1. The number of likely N-dealkylation sites (N-methyl/N-ethyl adjacent to an activating group) is 1. The lowest BCUT2D eigenvalue weighted by molar-refractivity contribution is 0.0343. The monoisotopic (exact) mass is 357 g/mol. The Hall–Kier alpha value is -1.29. The molecule has 4 nitrogen and oxygen atoms in total. The van der Waals surface area contributed by atoms with Crippen molar-refractivity contribution in [3.05, 3.63) is 23.8 Å². The number of carbonyl (C=O) groups excluding carboxylic acids is 1. The van der Waals surface area contributed by atoms with E-state index < -0.39 is 0 Å². The average molecular weight is 358 g/mol. The summed E-state index contributed by atoms with van der Waals surface area (Å²) in [5.74, 6) is 1.37. The Bertz CT molecular complexity index is 609. The Kier molecular flexibility index (Phi) is 4.66. The number of hydrogen-bond donors (Lipinski definition) is 1. The molecule has 4 aliphatic rings. The number of nitrogens with one attached hydrogen (secondary N) is 1. The van der Waals surface area contributed by atoms with Crippen LogP contribution in [-0.2, 0) is 0 Å². The van der Waals surface area contributed by atoms with E-state index in [0.29, 0.717) is 5.92 Å². The molecule has 2 saturated carbocycles. The third-order valence-corrected chi connectivity index (χ3v) is 7.79. The quantitative estimate of drug-likeness (QED) is 0.827. The largest absolute Gasteiger partial charge is 0.336 e. The molecule has 1 aliphatic heterocycles. The van der Waals surface area contributed by atoms with Gasteiger partial charge in [0.25, 0.3) is 0 Å². The van der Waals surface area contributed by atoms with Crippen molar-refractivity contribution in [2.24, 2.45) is 11.8 Å². The second-order valence-corrected chi connectivity index (χ2v) is 9.47. The van der Waals surface area contributed by atoms with E-state index in [9.17, 15) is 4.79 Å². The Morgan fingerprint density at radius 2 is 1.96 bits per heavy atom. The second-order valence-electron chi connectivity index (χ2n) is 9.47. The zero-order chi connectivity index (χ0) is 18.4. The van der Waals surface area contributed by atoms with Crippen LogP contribution in [0.5, 0.6) is 0 Å². The Balaban J connectivity index is 1.53. The van der Waals surface area contributed by atoms with E-state index in [0.717, 1.165) is 44.7 Å². The lowest BCUT2D eigenvalue weighted by Crippen LogP contribution is -2.58. The molecule has 0 radical (unpaired) electrons. The molecule has 26 heavy (non-hydrogen) atoms. The van der Waals surface area contributed by atoms with Gasteiger partial charge < -0.3 is 10.2 Å². The van der Waals surface area contributed by atoms with E-state index in [-0.39, 0.29) is 17.1 Å². The van der Waals surface area contributed by atoms with Gasteiger partial charge in [0.2, 0.25) is 0 Å². The first-order valence-electron chi connectivity index (χ1n) is 10.6. The molecule has 144 valence electrons. The molecule has 1 saturated heterocycles. The number of nitrogens with zero attached hydrogens (tertiary/aromatic N) is 2. The summed E-state index contributed by atoms with van der Waals surface area (Å²) in [4.78, 5) is 17.2. The Morgan fingerprint density at radius 3 is 2.54 bits per heavy atom. The molecule has 3 fully saturated rings. The Morgan fingerprint density at radius 1 is 1.23 bits per heavy atom. The van der Waals surface area contributed by atoms with E-state index in [1.165, 1.54) is 25.7 Å². The number of carbonyl (C=O) groups is 1. The van der Waals surface area contributed by atoms with Gasteiger partial charge in [0.05, 0.1) is 5.54 Å². The van der Waals surface area contributed by atoms with Gasteiger partial charge in [-0.05, 0) is 76.5 Å². The van der Waals surface area contributed by atoms with Gasteiger partial charge in [0, 0.05) is 18.6 Å². The number of amides is 2. The van der Waals surface area contributed by atoms with Crippen LogP contribution in [0.3, 0.4) is 0 Å². The zero-order valence-corrected chi connectivity index (χ0v) is 16.8. The Labute approximate surface area is 158 Å². The first-order valence-corrected chi connectivity index (χ1v) is 10.6. The van der Waals surface area contributed by atoms with Crippen molar-refractivity contribution in [3.8, 4) is 0 Å². The van der Waals surface area contributed by atoms with Crippen molar-refractivity contribution in [2.75, 3.05) is 27.2 Å². The fourth-order valence-electron chi connectivity index (χ4n) is 5.68.